The van der Waals surface area contributed by atoms with Gasteiger partial charge in [0.1, 0.15) is 0 Å². The van der Waals surface area contributed by atoms with Crippen LogP contribution in [-0.4, -0.2) is 71.1 Å². The van der Waals surface area contributed by atoms with E-state index >= 15 is 0 Å². The van der Waals surface area contributed by atoms with Gasteiger partial charge in [0, 0.05) is 0 Å². The van der Waals surface area contributed by atoms with Crippen LogP contribution in [-0.2, 0) is 0 Å². The zero-order valence-corrected chi connectivity index (χ0v) is 6.80. The third-order valence-corrected chi connectivity index (χ3v) is 0. The maximum atomic E-state index is 8.56. The van der Waals surface area contributed by atoms with Crippen LogP contribution in [0.3, 0.4) is 0 Å². The van der Waals surface area contributed by atoms with Gasteiger partial charge in [-0.25, -0.2) is 4.79 Å². The highest BCUT2D eigenvalue weighted by atomic mass is 16.6. The summed E-state index contributed by atoms with van der Waals surface area (Å²) < 4.78 is 0. The van der Waals surface area contributed by atoms with Crippen molar-refractivity contribution in [3.8, 4) is 0 Å². The molecular formula is CH22O13. The van der Waals surface area contributed by atoms with Gasteiger partial charge in [-0.15, -0.1) is 0 Å². The number of hydrogen-bond donors (Lipinski definition) is 2. The molecule has 0 aliphatic heterocycles. The molecule has 0 aromatic carbocycles. The molecule has 0 saturated carbocycles. The maximum Gasteiger partial charge on any atom is 0.503 e. The molecule has 13 nitrogen and oxygen atoms in total. The van der Waals surface area contributed by atoms with Crippen molar-refractivity contribution in [2.45, 2.75) is 0 Å². The topological polar surface area (TPSA) is 373 Å². The molecule has 0 atom stereocenters. The summed E-state index contributed by atoms with van der Waals surface area (Å²) >= 11 is 0. The zero-order valence-electron chi connectivity index (χ0n) is 6.80. The summed E-state index contributed by atoms with van der Waals surface area (Å²) in [5, 5.41) is 13.9. The molecule has 0 saturated heterocycles. The number of hydrogen-bond acceptors (Lipinski definition) is 1. The van der Waals surface area contributed by atoms with Crippen molar-refractivity contribution in [1.82, 2.24) is 0 Å². The molecule has 0 amide bonds. The van der Waals surface area contributed by atoms with Gasteiger partial charge in [0.05, 0.1) is 0 Å². The largest absolute Gasteiger partial charge is 0.503 e. The Hall–Kier alpha value is -1.13. The fraction of sp³-hybridized carbons (Fsp3) is 0. The Morgan fingerprint density at radius 3 is 0.500 bits per heavy atom. The summed E-state index contributed by atoms with van der Waals surface area (Å²) in [6.07, 6.45) is -1.83. The second-order valence-corrected chi connectivity index (χ2v) is 0.283. The second kappa shape index (κ2) is 401. The summed E-state index contributed by atoms with van der Waals surface area (Å²) in [6, 6.07) is 0. The lowest BCUT2D eigenvalue weighted by Gasteiger charge is -1.60. The molecule has 0 aliphatic carbocycles. The minimum absolute atomic E-state index is 0. The fourth-order valence-corrected chi connectivity index (χ4v) is 0. The Labute approximate surface area is 77.3 Å². The Bertz CT molecular complexity index is 28.2. The van der Waals surface area contributed by atoms with Gasteiger partial charge in [0.2, 0.25) is 0 Å². The SMILES string of the molecule is O.O.O.O.O.O.O.O.O.O.O=C(O)O. The van der Waals surface area contributed by atoms with Crippen LogP contribution in [0.15, 0.2) is 0 Å². The maximum absolute atomic E-state index is 8.56. The predicted molar refractivity (Wildman–Crippen MR) is 46.8 cm³/mol. The Balaban J connectivity index is -0.000000001000. The van der Waals surface area contributed by atoms with Crippen molar-refractivity contribution in [3.63, 3.8) is 0 Å². The molecule has 104 valence electrons. The first-order chi connectivity index (χ1) is 1.73. The summed E-state index contributed by atoms with van der Waals surface area (Å²) in [4.78, 5) is 8.56. The van der Waals surface area contributed by atoms with Crippen molar-refractivity contribution >= 4 is 6.16 Å². The van der Waals surface area contributed by atoms with E-state index in [4.69, 9.17) is 15.0 Å². The lowest BCUT2D eigenvalue weighted by Crippen LogP contribution is -1.81. The lowest BCUT2D eigenvalue weighted by atomic mass is 11.5. The highest BCUT2D eigenvalue weighted by Gasteiger charge is 1.70. The molecule has 0 heterocycles. The van der Waals surface area contributed by atoms with Gasteiger partial charge in [-0.05, 0) is 0 Å². The van der Waals surface area contributed by atoms with Gasteiger partial charge in [-0.3, -0.25) is 0 Å². The molecule has 0 unspecified atom stereocenters. The molecule has 13 heteroatoms. The first-order valence-electron chi connectivity index (χ1n) is 0.651. The fourth-order valence-electron chi connectivity index (χ4n) is 0. The van der Waals surface area contributed by atoms with E-state index in [0.717, 1.165) is 0 Å². The first-order valence-corrected chi connectivity index (χ1v) is 0.651. The van der Waals surface area contributed by atoms with E-state index in [1.165, 1.54) is 0 Å². The Morgan fingerprint density at radius 2 is 0.500 bits per heavy atom. The zero-order chi connectivity index (χ0) is 3.58. The van der Waals surface area contributed by atoms with E-state index in [0.29, 0.717) is 0 Å². The Morgan fingerprint density at radius 1 is 0.500 bits per heavy atom. The van der Waals surface area contributed by atoms with Crippen LogP contribution in [0.5, 0.6) is 0 Å². The average Bonchev–Trinajstić information content (AvgIpc) is 0.811. The third-order valence-electron chi connectivity index (χ3n) is 0. The molecule has 0 radical (unpaired) electrons. The number of carbonyl (C=O) groups is 1. The van der Waals surface area contributed by atoms with Gasteiger partial charge < -0.3 is 65.0 Å². The predicted octanol–water partition coefficient (Wildman–Crippen LogP) is -8.02. The highest BCUT2D eigenvalue weighted by Crippen LogP contribution is 1.42. The van der Waals surface area contributed by atoms with Gasteiger partial charge in [0.25, 0.3) is 0 Å². The minimum atomic E-state index is -1.83. The van der Waals surface area contributed by atoms with Crippen molar-refractivity contribution in [1.29, 1.82) is 0 Å². The van der Waals surface area contributed by atoms with Crippen molar-refractivity contribution < 1.29 is 69.8 Å². The smallest absolute Gasteiger partial charge is 0.450 e. The normalized spacial score (nSPS) is 1.71. The molecular weight excluding hydrogens is 220 g/mol. The number of rotatable bonds is 0. The molecule has 0 rings (SSSR count). The molecule has 22 N–H and O–H groups in total. The van der Waals surface area contributed by atoms with Crippen molar-refractivity contribution in [2.24, 2.45) is 0 Å². The van der Waals surface area contributed by atoms with E-state index in [2.05, 4.69) is 0 Å². The van der Waals surface area contributed by atoms with E-state index in [-0.39, 0.29) is 54.8 Å². The van der Waals surface area contributed by atoms with Crippen LogP contribution in [0.2, 0.25) is 0 Å². The summed E-state index contributed by atoms with van der Waals surface area (Å²) in [5.74, 6) is 0. The number of carboxylic acid groups (broad SMARTS) is 2. The molecule has 14 heavy (non-hydrogen) atoms. The molecule has 0 aromatic heterocycles. The van der Waals surface area contributed by atoms with E-state index in [9.17, 15) is 0 Å². The van der Waals surface area contributed by atoms with Crippen LogP contribution in [0.4, 0.5) is 4.79 Å². The van der Waals surface area contributed by atoms with Gasteiger partial charge in [0.15, 0.2) is 0 Å². The van der Waals surface area contributed by atoms with Crippen LogP contribution >= 0.6 is 0 Å². The van der Waals surface area contributed by atoms with Crippen molar-refractivity contribution in [3.05, 3.63) is 0 Å². The van der Waals surface area contributed by atoms with Crippen LogP contribution in [0, 0.1) is 0 Å². The molecule has 0 fully saturated rings. The van der Waals surface area contributed by atoms with E-state index < -0.39 is 6.16 Å². The van der Waals surface area contributed by atoms with Crippen LogP contribution < -0.4 is 0 Å². The quantitative estimate of drug-likeness (QED) is 0.417. The average molecular weight is 242 g/mol. The third kappa shape index (κ3) is 829. The van der Waals surface area contributed by atoms with E-state index in [1.807, 2.05) is 0 Å². The molecule has 0 aliphatic rings. The molecule has 0 spiro atoms. The van der Waals surface area contributed by atoms with Gasteiger partial charge in [-0.1, -0.05) is 0 Å². The standard InChI is InChI=1S/CH2O3.10H2O/c2-1(3)4;;;;;;;;;;/h(H2,2,3,4);10*1H2. The summed E-state index contributed by atoms with van der Waals surface area (Å²) in [6.45, 7) is 0. The highest BCUT2D eigenvalue weighted by molar-refractivity contribution is 5.53. The lowest BCUT2D eigenvalue weighted by molar-refractivity contribution is 0.137. The van der Waals surface area contributed by atoms with Gasteiger partial charge >= 0.3 is 6.16 Å². The first kappa shape index (κ1) is 519. The van der Waals surface area contributed by atoms with Gasteiger partial charge in [-0.2, -0.15) is 0 Å². The van der Waals surface area contributed by atoms with Crippen LogP contribution in [0.1, 0.15) is 0 Å². The van der Waals surface area contributed by atoms with Crippen molar-refractivity contribution in [2.75, 3.05) is 0 Å². The molecule has 0 aromatic rings. The monoisotopic (exact) mass is 242 g/mol. The second-order valence-electron chi connectivity index (χ2n) is 0.283. The van der Waals surface area contributed by atoms with E-state index in [1.54, 1.807) is 0 Å². The molecule has 0 bridgehead atoms. The summed E-state index contributed by atoms with van der Waals surface area (Å²) in [5.41, 5.74) is 0. The van der Waals surface area contributed by atoms with Crippen LogP contribution in [0.25, 0.3) is 0 Å². The minimum Gasteiger partial charge on any atom is -0.450 e. The Kier molecular flexibility index (Phi) is 14900. The summed E-state index contributed by atoms with van der Waals surface area (Å²) in [7, 11) is 0.